The molecule has 1 aliphatic heterocycles. The van der Waals surface area contributed by atoms with Gasteiger partial charge in [-0.05, 0) is 52.2 Å². The van der Waals surface area contributed by atoms with Crippen LogP contribution in [0.1, 0.15) is 58.3 Å². The first-order valence-corrected chi connectivity index (χ1v) is 11.2. The molecule has 0 saturated carbocycles. The van der Waals surface area contributed by atoms with Crippen LogP contribution in [0.15, 0.2) is 29.2 Å². The predicted molar refractivity (Wildman–Crippen MR) is 112 cm³/mol. The first-order valence-electron chi connectivity index (χ1n) is 9.72. The SMILES string of the molecule is CC(=O)c1cccc(NS(=O)(=O)c2c(C(=O)N3CCCCC3)c(C)n(C)c2C)c1. The molecular formula is C21H27N3O4S. The fourth-order valence-electron chi connectivity index (χ4n) is 3.76. The topological polar surface area (TPSA) is 88.5 Å². The molecule has 3 rings (SSSR count). The molecule has 7 nitrogen and oxygen atoms in total. The van der Waals surface area contributed by atoms with Gasteiger partial charge in [0.25, 0.3) is 15.9 Å². The van der Waals surface area contributed by atoms with Crippen molar-refractivity contribution in [2.45, 2.75) is 44.9 Å². The highest BCUT2D eigenvalue weighted by atomic mass is 32.2. The predicted octanol–water partition coefficient (Wildman–Crippen LogP) is 3.27. The van der Waals surface area contributed by atoms with E-state index >= 15 is 0 Å². The van der Waals surface area contributed by atoms with E-state index in [0.29, 0.717) is 30.0 Å². The van der Waals surface area contributed by atoms with Crippen molar-refractivity contribution in [1.82, 2.24) is 9.47 Å². The quantitative estimate of drug-likeness (QED) is 0.756. The van der Waals surface area contributed by atoms with Crippen LogP contribution in [0.4, 0.5) is 5.69 Å². The maximum atomic E-state index is 13.3. The molecule has 29 heavy (non-hydrogen) atoms. The zero-order valence-corrected chi connectivity index (χ0v) is 18.1. The van der Waals surface area contributed by atoms with Gasteiger partial charge in [0, 0.05) is 42.8 Å². The molecule has 1 amide bonds. The number of benzene rings is 1. The molecule has 0 aliphatic carbocycles. The Bertz CT molecular complexity index is 1060. The lowest BCUT2D eigenvalue weighted by Gasteiger charge is -2.27. The van der Waals surface area contributed by atoms with Gasteiger partial charge in [-0.3, -0.25) is 14.3 Å². The number of hydrogen-bond donors (Lipinski definition) is 1. The van der Waals surface area contributed by atoms with E-state index in [2.05, 4.69) is 4.72 Å². The highest BCUT2D eigenvalue weighted by Crippen LogP contribution is 2.30. The molecule has 1 N–H and O–H groups in total. The van der Waals surface area contributed by atoms with Crippen molar-refractivity contribution >= 4 is 27.4 Å². The van der Waals surface area contributed by atoms with Crippen molar-refractivity contribution in [2.75, 3.05) is 17.8 Å². The summed E-state index contributed by atoms with van der Waals surface area (Å²) in [5.74, 6) is -0.400. The van der Waals surface area contributed by atoms with Crippen LogP contribution in [-0.4, -0.2) is 42.7 Å². The standard InChI is InChI=1S/C21H27N3O4S/c1-14-19(21(26)24-11-6-5-7-12-24)20(15(2)23(14)4)29(27,28)22-18-10-8-9-17(13-18)16(3)25/h8-10,13,22H,5-7,11-12H2,1-4H3. The van der Waals surface area contributed by atoms with Gasteiger partial charge in [0.15, 0.2) is 5.78 Å². The average Bonchev–Trinajstić information content (AvgIpc) is 2.92. The maximum Gasteiger partial charge on any atom is 0.264 e. The van der Waals surface area contributed by atoms with Gasteiger partial charge in [0.05, 0.1) is 5.56 Å². The van der Waals surface area contributed by atoms with Crippen LogP contribution in [0.5, 0.6) is 0 Å². The van der Waals surface area contributed by atoms with E-state index in [1.807, 2.05) is 0 Å². The lowest BCUT2D eigenvalue weighted by atomic mass is 10.1. The molecule has 2 heterocycles. The van der Waals surface area contributed by atoms with Crippen molar-refractivity contribution in [3.63, 3.8) is 0 Å². The first-order chi connectivity index (χ1) is 13.6. The first kappa shape index (κ1) is 21.1. The average molecular weight is 418 g/mol. The van der Waals surface area contributed by atoms with E-state index < -0.39 is 10.0 Å². The highest BCUT2D eigenvalue weighted by molar-refractivity contribution is 7.92. The van der Waals surface area contributed by atoms with Crippen LogP contribution in [0.25, 0.3) is 0 Å². The number of aromatic nitrogens is 1. The molecule has 1 aromatic carbocycles. The third-order valence-electron chi connectivity index (χ3n) is 5.57. The number of hydrogen-bond acceptors (Lipinski definition) is 4. The fourth-order valence-corrected chi connectivity index (χ4v) is 5.33. The molecule has 1 fully saturated rings. The Morgan fingerprint density at radius 2 is 1.69 bits per heavy atom. The van der Waals surface area contributed by atoms with Gasteiger partial charge >= 0.3 is 0 Å². The Morgan fingerprint density at radius 3 is 2.31 bits per heavy atom. The number of ketones is 1. The molecule has 0 spiro atoms. The van der Waals surface area contributed by atoms with E-state index in [9.17, 15) is 18.0 Å². The second-order valence-corrected chi connectivity index (χ2v) is 9.15. The van der Waals surface area contributed by atoms with Crippen LogP contribution in [-0.2, 0) is 17.1 Å². The molecule has 156 valence electrons. The van der Waals surface area contributed by atoms with Gasteiger partial charge < -0.3 is 9.47 Å². The minimum absolute atomic E-state index is 0.00121. The minimum Gasteiger partial charge on any atom is -0.350 e. The summed E-state index contributed by atoms with van der Waals surface area (Å²) in [6.07, 6.45) is 2.93. The largest absolute Gasteiger partial charge is 0.350 e. The van der Waals surface area contributed by atoms with E-state index in [1.165, 1.54) is 13.0 Å². The molecular weight excluding hydrogens is 390 g/mol. The van der Waals surface area contributed by atoms with Crippen LogP contribution >= 0.6 is 0 Å². The highest BCUT2D eigenvalue weighted by Gasteiger charge is 2.33. The smallest absolute Gasteiger partial charge is 0.264 e. The number of amides is 1. The zero-order valence-electron chi connectivity index (χ0n) is 17.3. The Balaban J connectivity index is 2.05. The summed E-state index contributed by atoms with van der Waals surface area (Å²) in [6.45, 7) is 6.16. The van der Waals surface area contributed by atoms with E-state index in [4.69, 9.17) is 0 Å². The second-order valence-electron chi connectivity index (χ2n) is 7.53. The molecule has 8 heteroatoms. The van der Waals surface area contributed by atoms with Crippen LogP contribution in [0.3, 0.4) is 0 Å². The van der Waals surface area contributed by atoms with Crippen LogP contribution in [0, 0.1) is 13.8 Å². The Kier molecular flexibility index (Phi) is 5.84. The summed E-state index contributed by atoms with van der Waals surface area (Å²) in [7, 11) is -2.28. The number of piperidine rings is 1. The van der Waals surface area contributed by atoms with Crippen molar-refractivity contribution in [3.8, 4) is 0 Å². The van der Waals surface area contributed by atoms with Crippen molar-refractivity contribution in [2.24, 2.45) is 7.05 Å². The number of carbonyl (C=O) groups excluding carboxylic acids is 2. The molecule has 0 atom stereocenters. The van der Waals surface area contributed by atoms with Crippen molar-refractivity contribution in [1.29, 1.82) is 0 Å². The third-order valence-corrected chi connectivity index (χ3v) is 7.11. The normalized spacial score (nSPS) is 14.7. The number of nitrogens with zero attached hydrogens (tertiary/aromatic N) is 2. The Hall–Kier alpha value is -2.61. The summed E-state index contributed by atoms with van der Waals surface area (Å²) in [5, 5.41) is 0. The number of likely N-dealkylation sites (tertiary alicyclic amines) is 1. The molecule has 2 aromatic rings. The van der Waals surface area contributed by atoms with Gasteiger partial charge in [0.2, 0.25) is 0 Å². The van der Waals surface area contributed by atoms with Gasteiger partial charge in [-0.1, -0.05) is 12.1 Å². The summed E-state index contributed by atoms with van der Waals surface area (Å²) in [6, 6.07) is 6.33. The summed E-state index contributed by atoms with van der Waals surface area (Å²) >= 11 is 0. The van der Waals surface area contributed by atoms with Gasteiger partial charge in [-0.25, -0.2) is 8.42 Å². The number of Topliss-reactive ketones (excluding diaryl/α,β-unsaturated/α-hetero) is 1. The molecule has 1 aromatic heterocycles. The van der Waals surface area contributed by atoms with Gasteiger partial charge in [0.1, 0.15) is 4.90 Å². The number of rotatable bonds is 5. The van der Waals surface area contributed by atoms with Crippen LogP contribution < -0.4 is 4.72 Å². The number of nitrogens with one attached hydrogen (secondary N) is 1. The van der Waals surface area contributed by atoms with E-state index in [0.717, 1.165) is 19.3 Å². The van der Waals surface area contributed by atoms with Gasteiger partial charge in [-0.15, -0.1) is 0 Å². The number of carbonyl (C=O) groups is 2. The van der Waals surface area contributed by atoms with Crippen molar-refractivity contribution in [3.05, 3.63) is 46.8 Å². The minimum atomic E-state index is -4.03. The maximum absolute atomic E-state index is 13.3. The summed E-state index contributed by atoms with van der Waals surface area (Å²) in [5.41, 5.74) is 2.04. The Labute approximate surface area is 171 Å². The van der Waals surface area contributed by atoms with E-state index in [1.54, 1.807) is 48.6 Å². The summed E-state index contributed by atoms with van der Waals surface area (Å²) < 4.78 is 30.9. The lowest BCUT2D eigenvalue weighted by Crippen LogP contribution is -2.36. The molecule has 1 aliphatic rings. The molecule has 0 radical (unpaired) electrons. The Morgan fingerprint density at radius 1 is 1.03 bits per heavy atom. The van der Waals surface area contributed by atoms with Crippen LogP contribution in [0.2, 0.25) is 0 Å². The lowest BCUT2D eigenvalue weighted by molar-refractivity contribution is 0.0719. The summed E-state index contributed by atoms with van der Waals surface area (Å²) in [4.78, 5) is 26.6. The van der Waals surface area contributed by atoms with Gasteiger partial charge in [-0.2, -0.15) is 0 Å². The second kappa shape index (κ2) is 8.02. The monoisotopic (exact) mass is 417 g/mol. The molecule has 0 bridgehead atoms. The molecule has 0 unspecified atom stereocenters. The zero-order chi connectivity index (χ0) is 21.3. The molecule has 1 saturated heterocycles. The third kappa shape index (κ3) is 4.07. The van der Waals surface area contributed by atoms with E-state index in [-0.39, 0.29) is 27.8 Å². The fraction of sp³-hybridized carbons (Fsp3) is 0.429. The number of sulfonamides is 1. The number of anilines is 1. The van der Waals surface area contributed by atoms with Crippen molar-refractivity contribution < 1.29 is 18.0 Å².